The molecule has 1 aromatic carbocycles. The lowest BCUT2D eigenvalue weighted by Crippen LogP contribution is -2.24. The van der Waals surface area contributed by atoms with Crippen LogP contribution in [0.3, 0.4) is 0 Å². The fourth-order valence-electron chi connectivity index (χ4n) is 5.05. The summed E-state index contributed by atoms with van der Waals surface area (Å²) in [7, 11) is 1.60. The summed E-state index contributed by atoms with van der Waals surface area (Å²) >= 11 is 0. The van der Waals surface area contributed by atoms with Crippen LogP contribution in [0.2, 0.25) is 0 Å². The van der Waals surface area contributed by atoms with Gasteiger partial charge in [-0.05, 0) is 68.0 Å². The number of allylic oxidation sites excluding steroid dienone is 1. The van der Waals surface area contributed by atoms with Crippen molar-refractivity contribution in [2.24, 2.45) is 10.9 Å². The Hall–Kier alpha value is -3.51. The van der Waals surface area contributed by atoms with Gasteiger partial charge in [0, 0.05) is 44.9 Å². The molecule has 248 valence electrons. The molecule has 0 unspecified atom stereocenters. The number of aliphatic imine (C=N–C) groups is 1. The number of ether oxygens (including phenoxy) is 2. The molecular weight excluding hydrogens is 585 g/mol. The fraction of sp³-hybridized carbons (Fsp3) is 0.576. The minimum absolute atomic E-state index is 0.0430. The topological polar surface area (TPSA) is 114 Å². The number of fused-ring (bicyclic) bond motifs is 1. The van der Waals surface area contributed by atoms with Crippen molar-refractivity contribution < 1.29 is 27.4 Å². The van der Waals surface area contributed by atoms with Crippen LogP contribution in [0.15, 0.2) is 40.7 Å². The first-order valence-corrected chi connectivity index (χ1v) is 15.9. The molecule has 3 aliphatic heterocycles. The summed E-state index contributed by atoms with van der Waals surface area (Å²) in [5.41, 5.74) is 0.396. The summed E-state index contributed by atoms with van der Waals surface area (Å²) in [6.45, 7) is 8.83. The van der Waals surface area contributed by atoms with Crippen molar-refractivity contribution in [2.75, 3.05) is 33.4 Å². The van der Waals surface area contributed by atoms with Gasteiger partial charge in [0.25, 0.3) is 5.91 Å². The van der Waals surface area contributed by atoms with Crippen molar-refractivity contribution in [2.45, 2.75) is 85.0 Å². The van der Waals surface area contributed by atoms with E-state index in [1.54, 1.807) is 32.2 Å². The summed E-state index contributed by atoms with van der Waals surface area (Å²) in [6.07, 6.45) is 6.31. The van der Waals surface area contributed by atoms with Crippen molar-refractivity contribution in [3.05, 3.63) is 57.9 Å². The third-order valence-electron chi connectivity index (χ3n) is 7.95. The Morgan fingerprint density at radius 3 is 2.49 bits per heavy atom. The monoisotopic (exact) mass is 632 g/mol. The molecule has 1 aliphatic carbocycles. The lowest BCUT2D eigenvalue weighted by Gasteiger charge is -2.25. The van der Waals surface area contributed by atoms with Crippen molar-refractivity contribution >= 4 is 24.0 Å². The lowest BCUT2D eigenvalue weighted by molar-refractivity contribution is -0.138. The summed E-state index contributed by atoms with van der Waals surface area (Å²) in [5, 5.41) is 18.7. The number of rotatable bonds is 10. The normalized spacial score (nSPS) is 17.4. The van der Waals surface area contributed by atoms with Gasteiger partial charge in [-0.2, -0.15) is 18.2 Å². The third-order valence-corrected chi connectivity index (χ3v) is 7.95. The number of alkyl halides is 3. The number of amides is 1. The van der Waals surface area contributed by atoms with Crippen LogP contribution in [0.5, 0.6) is 0 Å². The smallest absolute Gasteiger partial charge is 0.416 e. The van der Waals surface area contributed by atoms with Gasteiger partial charge in [-0.25, -0.2) is 0 Å². The molecule has 0 atom stereocenters. The summed E-state index contributed by atoms with van der Waals surface area (Å²) in [4.78, 5) is 20.6. The van der Waals surface area contributed by atoms with Gasteiger partial charge in [-0.1, -0.05) is 38.7 Å². The molecule has 0 bridgehead atoms. The zero-order chi connectivity index (χ0) is 33.0. The second kappa shape index (κ2) is 17.3. The zero-order valence-electron chi connectivity index (χ0n) is 26.9. The molecule has 2 fully saturated rings. The maximum atomic E-state index is 14.1. The number of nitrogens with one attached hydrogen (secondary N) is 3. The van der Waals surface area contributed by atoms with E-state index in [4.69, 9.17) is 20.3 Å². The maximum Gasteiger partial charge on any atom is 0.416 e. The number of hydrogen-bond acceptors (Lipinski definition) is 7. The second-order valence-electron chi connectivity index (χ2n) is 11.1. The molecule has 0 aromatic heterocycles. The van der Waals surface area contributed by atoms with Crippen molar-refractivity contribution in [3.63, 3.8) is 0 Å². The van der Waals surface area contributed by atoms with Crippen LogP contribution in [-0.2, 0) is 28.7 Å². The first-order chi connectivity index (χ1) is 21.6. The van der Waals surface area contributed by atoms with Gasteiger partial charge >= 0.3 is 6.18 Å². The zero-order valence-corrected chi connectivity index (χ0v) is 26.9. The number of halogens is 3. The number of amidine groups is 1. The number of benzene rings is 1. The van der Waals surface area contributed by atoms with E-state index in [0.29, 0.717) is 24.5 Å². The van der Waals surface area contributed by atoms with E-state index in [1.807, 2.05) is 13.8 Å². The van der Waals surface area contributed by atoms with Crippen molar-refractivity contribution in [3.8, 4) is 0 Å². The van der Waals surface area contributed by atoms with E-state index in [-0.39, 0.29) is 48.2 Å². The molecule has 4 aliphatic rings. The van der Waals surface area contributed by atoms with Crippen LogP contribution >= 0.6 is 0 Å². The molecule has 0 radical (unpaired) electrons. The molecule has 5 rings (SSSR count). The molecule has 1 amide bonds. The predicted molar refractivity (Wildman–Crippen MR) is 171 cm³/mol. The lowest BCUT2D eigenvalue weighted by atomic mass is 9.83. The number of carbonyl (C=O) groups excluding carboxylic acids is 1. The first-order valence-electron chi connectivity index (χ1n) is 15.9. The molecule has 0 spiro atoms. The Morgan fingerprint density at radius 2 is 1.93 bits per heavy atom. The highest BCUT2D eigenvalue weighted by atomic mass is 19.4. The standard InChI is InChI=1S/C28H35F3N6O2.C3H6O.C2H6/c1-3-39-26-14-19(13-24(33)36(2)17-32)7-8-25(35-26)37-16-22-21(27(37)38)11-20(12-23(22)28(29,30)31)15-34-10-9-18-5-4-6-18;1-2-4-3-1;1-2/h8,11-12,14,17-18,32-34H,3-7,9-10,13,15-16H2,1-2H3;1-3H2;1-2H3. The number of nitrogens with zero attached hydrogens (tertiary/aromatic N) is 3. The molecule has 1 saturated carbocycles. The van der Waals surface area contributed by atoms with Crippen LogP contribution in [-0.4, -0.2) is 67.2 Å². The quantitative estimate of drug-likeness (QED) is 0.148. The summed E-state index contributed by atoms with van der Waals surface area (Å²) < 4.78 is 52.6. The van der Waals surface area contributed by atoms with Gasteiger partial charge < -0.3 is 19.7 Å². The van der Waals surface area contributed by atoms with Crippen LogP contribution in [0.4, 0.5) is 13.2 Å². The third kappa shape index (κ3) is 9.99. The maximum absolute atomic E-state index is 14.1. The average molecular weight is 633 g/mol. The Labute approximate surface area is 264 Å². The highest BCUT2D eigenvalue weighted by Gasteiger charge is 2.41. The molecule has 45 heavy (non-hydrogen) atoms. The molecule has 3 heterocycles. The minimum Gasteiger partial charge on any atom is -0.478 e. The van der Waals surface area contributed by atoms with Crippen LogP contribution in [0, 0.1) is 16.7 Å². The number of carbonyl (C=O) groups is 1. The van der Waals surface area contributed by atoms with E-state index < -0.39 is 17.6 Å². The highest BCUT2D eigenvalue weighted by Crippen LogP contribution is 2.39. The largest absolute Gasteiger partial charge is 0.478 e. The van der Waals surface area contributed by atoms with Crippen LogP contribution < -0.4 is 5.32 Å². The Kier molecular flexibility index (Phi) is 13.8. The van der Waals surface area contributed by atoms with Gasteiger partial charge in [-0.3, -0.25) is 20.5 Å². The molecule has 9 nitrogen and oxygen atoms in total. The van der Waals surface area contributed by atoms with Gasteiger partial charge in [-0.15, -0.1) is 0 Å². The fourth-order valence-corrected chi connectivity index (χ4v) is 5.05. The Bertz CT molecular complexity index is 1280. The van der Waals surface area contributed by atoms with E-state index >= 15 is 0 Å². The van der Waals surface area contributed by atoms with Crippen LogP contribution in [0.25, 0.3) is 0 Å². The molecule has 1 aromatic rings. The molecule has 12 heteroatoms. The predicted octanol–water partition coefficient (Wildman–Crippen LogP) is 6.89. The molecular formula is C33H47F3N6O3. The number of hydrogen-bond donors (Lipinski definition) is 3. The van der Waals surface area contributed by atoms with Gasteiger partial charge in [0.05, 0.1) is 25.1 Å². The first kappa shape index (κ1) is 36.0. The van der Waals surface area contributed by atoms with Gasteiger partial charge in [0.1, 0.15) is 11.7 Å². The summed E-state index contributed by atoms with van der Waals surface area (Å²) in [5.74, 6) is 0.796. The second-order valence-corrected chi connectivity index (χ2v) is 11.1. The summed E-state index contributed by atoms with van der Waals surface area (Å²) in [6, 6.07) is 2.71. The van der Waals surface area contributed by atoms with Crippen molar-refractivity contribution in [1.82, 2.24) is 15.1 Å². The van der Waals surface area contributed by atoms with Crippen molar-refractivity contribution in [1.29, 1.82) is 10.8 Å². The molecule has 1 saturated heterocycles. The molecule has 3 N–H and O–H groups in total. The minimum atomic E-state index is -4.60. The van der Waals surface area contributed by atoms with Crippen LogP contribution in [0.1, 0.15) is 92.8 Å². The van der Waals surface area contributed by atoms with E-state index in [9.17, 15) is 18.0 Å². The Morgan fingerprint density at radius 1 is 1.24 bits per heavy atom. The SMILES string of the molecule is C1COC1.CC.CCOC1=NC(N2Cc3c(cc(CNCCC4CCC4)cc3C(F)(F)F)C2=O)=CCC(CC(=N)N(C)C=N)=C1. The van der Waals surface area contributed by atoms with E-state index in [0.717, 1.165) is 44.2 Å². The van der Waals surface area contributed by atoms with Gasteiger partial charge in [0.15, 0.2) is 0 Å². The van der Waals surface area contributed by atoms with E-state index in [1.165, 1.54) is 35.5 Å². The Balaban J connectivity index is 0.000000837. The highest BCUT2D eigenvalue weighted by molar-refractivity contribution is 6.01. The van der Waals surface area contributed by atoms with Gasteiger partial charge in [0.2, 0.25) is 5.90 Å². The van der Waals surface area contributed by atoms with E-state index in [2.05, 4.69) is 10.3 Å². The average Bonchev–Trinajstić information content (AvgIpc) is 3.15.